The maximum Gasteiger partial charge on any atom is 0.253 e. The SMILES string of the molecule is CNC(=O)C(OC)c1cccc(COc2ccc(C)cc2)c1. The molecule has 4 nitrogen and oxygen atoms in total. The third-order valence-electron chi connectivity index (χ3n) is 3.40. The summed E-state index contributed by atoms with van der Waals surface area (Å²) in [6, 6.07) is 15.6. The van der Waals surface area contributed by atoms with Crippen LogP contribution in [-0.2, 0) is 16.1 Å². The summed E-state index contributed by atoms with van der Waals surface area (Å²) in [4.78, 5) is 11.8. The van der Waals surface area contributed by atoms with Crippen LogP contribution < -0.4 is 10.1 Å². The maximum atomic E-state index is 11.8. The van der Waals surface area contributed by atoms with Crippen molar-refractivity contribution >= 4 is 5.91 Å². The summed E-state index contributed by atoms with van der Waals surface area (Å²) in [5.41, 5.74) is 3.00. The first-order valence-corrected chi connectivity index (χ1v) is 7.16. The molecule has 0 fully saturated rings. The van der Waals surface area contributed by atoms with Crippen molar-refractivity contribution in [2.75, 3.05) is 14.2 Å². The molecule has 4 heteroatoms. The fraction of sp³-hybridized carbons (Fsp3) is 0.278. The number of ether oxygens (including phenoxy) is 2. The van der Waals surface area contributed by atoms with Crippen LogP contribution in [0.5, 0.6) is 5.75 Å². The summed E-state index contributed by atoms with van der Waals surface area (Å²) >= 11 is 0. The lowest BCUT2D eigenvalue weighted by molar-refractivity contribution is -0.130. The van der Waals surface area contributed by atoms with Crippen LogP contribution in [0.2, 0.25) is 0 Å². The molecule has 0 saturated heterocycles. The fourth-order valence-corrected chi connectivity index (χ4v) is 2.17. The lowest BCUT2D eigenvalue weighted by Gasteiger charge is -2.15. The summed E-state index contributed by atoms with van der Waals surface area (Å²) < 4.78 is 11.0. The van der Waals surface area contributed by atoms with E-state index in [1.807, 2.05) is 55.5 Å². The lowest BCUT2D eigenvalue weighted by atomic mass is 10.1. The molecule has 0 heterocycles. The van der Waals surface area contributed by atoms with Gasteiger partial charge in [-0.1, -0.05) is 35.9 Å². The zero-order chi connectivity index (χ0) is 15.9. The van der Waals surface area contributed by atoms with Gasteiger partial charge in [-0.15, -0.1) is 0 Å². The van der Waals surface area contributed by atoms with E-state index >= 15 is 0 Å². The largest absolute Gasteiger partial charge is 0.489 e. The Kier molecular flexibility index (Phi) is 5.55. The highest BCUT2D eigenvalue weighted by Crippen LogP contribution is 2.20. The minimum atomic E-state index is -0.607. The van der Waals surface area contributed by atoms with Crippen LogP contribution in [0.3, 0.4) is 0 Å². The van der Waals surface area contributed by atoms with Gasteiger partial charge in [0.05, 0.1) is 0 Å². The molecule has 1 unspecified atom stereocenters. The van der Waals surface area contributed by atoms with Gasteiger partial charge in [0, 0.05) is 14.2 Å². The third-order valence-corrected chi connectivity index (χ3v) is 3.40. The Morgan fingerprint density at radius 2 is 1.91 bits per heavy atom. The van der Waals surface area contributed by atoms with Crippen LogP contribution in [0, 0.1) is 6.92 Å². The van der Waals surface area contributed by atoms with E-state index < -0.39 is 6.10 Å². The normalized spacial score (nSPS) is 11.8. The van der Waals surface area contributed by atoms with Crippen molar-refractivity contribution in [1.82, 2.24) is 5.32 Å². The van der Waals surface area contributed by atoms with Gasteiger partial charge in [-0.05, 0) is 36.2 Å². The molecule has 2 aromatic carbocycles. The number of hydrogen-bond donors (Lipinski definition) is 1. The third kappa shape index (κ3) is 4.09. The number of rotatable bonds is 6. The number of carbonyl (C=O) groups is 1. The molecule has 0 spiro atoms. The van der Waals surface area contributed by atoms with Crippen LogP contribution in [0.15, 0.2) is 48.5 Å². The molecule has 0 aromatic heterocycles. The number of benzene rings is 2. The van der Waals surface area contributed by atoms with Gasteiger partial charge in [0.25, 0.3) is 5.91 Å². The predicted octanol–water partition coefficient (Wildman–Crippen LogP) is 3.01. The number of hydrogen-bond acceptors (Lipinski definition) is 3. The van der Waals surface area contributed by atoms with Gasteiger partial charge in [0.2, 0.25) is 0 Å². The number of likely N-dealkylation sites (N-methyl/N-ethyl adjacent to an activating group) is 1. The lowest BCUT2D eigenvalue weighted by Crippen LogP contribution is -2.27. The molecule has 0 aliphatic carbocycles. The summed E-state index contributed by atoms with van der Waals surface area (Å²) in [6.45, 7) is 2.48. The molecular formula is C18H21NO3. The van der Waals surface area contributed by atoms with Crippen molar-refractivity contribution in [3.05, 3.63) is 65.2 Å². The molecular weight excluding hydrogens is 278 g/mol. The molecule has 22 heavy (non-hydrogen) atoms. The highest BCUT2D eigenvalue weighted by atomic mass is 16.5. The van der Waals surface area contributed by atoms with Crippen LogP contribution >= 0.6 is 0 Å². The first-order valence-electron chi connectivity index (χ1n) is 7.16. The smallest absolute Gasteiger partial charge is 0.253 e. The zero-order valence-electron chi connectivity index (χ0n) is 13.1. The highest BCUT2D eigenvalue weighted by molar-refractivity contribution is 5.81. The van der Waals surface area contributed by atoms with Crippen molar-refractivity contribution in [1.29, 1.82) is 0 Å². The summed E-state index contributed by atoms with van der Waals surface area (Å²) in [5.74, 6) is 0.657. The Bertz CT molecular complexity index is 622. The first-order chi connectivity index (χ1) is 10.6. The number of carbonyl (C=O) groups excluding carboxylic acids is 1. The molecule has 0 radical (unpaired) electrons. The van der Waals surface area contributed by atoms with E-state index in [-0.39, 0.29) is 5.91 Å². The van der Waals surface area contributed by atoms with E-state index in [9.17, 15) is 4.79 Å². The van der Waals surface area contributed by atoms with Gasteiger partial charge in [0.1, 0.15) is 12.4 Å². The van der Waals surface area contributed by atoms with Crippen molar-refractivity contribution in [2.24, 2.45) is 0 Å². The second-order valence-electron chi connectivity index (χ2n) is 5.08. The summed E-state index contributed by atoms with van der Waals surface area (Å²) in [7, 11) is 3.12. The van der Waals surface area contributed by atoms with Crippen LogP contribution in [0.4, 0.5) is 0 Å². The molecule has 2 rings (SSSR count). The van der Waals surface area contributed by atoms with Gasteiger partial charge in [0.15, 0.2) is 6.10 Å². The van der Waals surface area contributed by atoms with Gasteiger partial charge in [-0.3, -0.25) is 4.79 Å². The molecule has 1 atom stereocenters. The summed E-state index contributed by atoms with van der Waals surface area (Å²) in [5, 5.41) is 2.60. The number of methoxy groups -OCH3 is 1. The second kappa shape index (κ2) is 7.61. The van der Waals surface area contributed by atoms with E-state index in [2.05, 4.69) is 5.32 Å². The average molecular weight is 299 g/mol. The van der Waals surface area contributed by atoms with Gasteiger partial charge < -0.3 is 14.8 Å². The van der Waals surface area contributed by atoms with Gasteiger partial charge >= 0.3 is 0 Å². The maximum absolute atomic E-state index is 11.8. The molecule has 1 amide bonds. The number of aryl methyl sites for hydroxylation is 1. The molecule has 116 valence electrons. The Morgan fingerprint density at radius 1 is 1.18 bits per heavy atom. The monoisotopic (exact) mass is 299 g/mol. The van der Waals surface area contributed by atoms with E-state index in [1.165, 1.54) is 12.7 Å². The Balaban J connectivity index is 2.07. The van der Waals surface area contributed by atoms with Crippen molar-refractivity contribution < 1.29 is 14.3 Å². The average Bonchev–Trinajstić information content (AvgIpc) is 2.55. The molecule has 0 aliphatic rings. The zero-order valence-corrected chi connectivity index (χ0v) is 13.1. The molecule has 0 aliphatic heterocycles. The predicted molar refractivity (Wildman–Crippen MR) is 85.8 cm³/mol. The molecule has 2 aromatic rings. The molecule has 0 saturated carbocycles. The summed E-state index contributed by atoms with van der Waals surface area (Å²) in [6.07, 6.45) is -0.607. The van der Waals surface area contributed by atoms with Crippen molar-refractivity contribution in [2.45, 2.75) is 19.6 Å². The Labute approximate surface area is 131 Å². The molecule has 0 bridgehead atoms. The molecule has 1 N–H and O–H groups in total. The second-order valence-corrected chi connectivity index (χ2v) is 5.08. The standard InChI is InChI=1S/C18H21NO3/c1-13-7-9-16(10-8-13)22-12-14-5-4-6-15(11-14)17(21-3)18(20)19-2/h4-11,17H,12H2,1-3H3,(H,19,20). The van der Waals surface area contributed by atoms with E-state index in [1.54, 1.807) is 7.05 Å². The van der Waals surface area contributed by atoms with E-state index in [4.69, 9.17) is 9.47 Å². The quantitative estimate of drug-likeness (QED) is 0.892. The number of amides is 1. The first kappa shape index (κ1) is 16.0. The van der Waals surface area contributed by atoms with Gasteiger partial charge in [-0.2, -0.15) is 0 Å². The van der Waals surface area contributed by atoms with E-state index in [0.717, 1.165) is 16.9 Å². The highest BCUT2D eigenvalue weighted by Gasteiger charge is 2.18. The number of nitrogens with one attached hydrogen (secondary N) is 1. The minimum Gasteiger partial charge on any atom is -0.489 e. The van der Waals surface area contributed by atoms with Crippen LogP contribution in [0.1, 0.15) is 22.8 Å². The van der Waals surface area contributed by atoms with Crippen LogP contribution in [0.25, 0.3) is 0 Å². The van der Waals surface area contributed by atoms with Crippen LogP contribution in [-0.4, -0.2) is 20.1 Å². The van der Waals surface area contributed by atoms with Gasteiger partial charge in [-0.25, -0.2) is 0 Å². The van der Waals surface area contributed by atoms with E-state index in [0.29, 0.717) is 6.61 Å². The Morgan fingerprint density at radius 3 is 2.55 bits per heavy atom. The van der Waals surface area contributed by atoms with Crippen molar-refractivity contribution in [3.63, 3.8) is 0 Å². The Hall–Kier alpha value is -2.33. The fourth-order valence-electron chi connectivity index (χ4n) is 2.17. The van der Waals surface area contributed by atoms with Crippen molar-refractivity contribution in [3.8, 4) is 5.75 Å². The minimum absolute atomic E-state index is 0.167. The topological polar surface area (TPSA) is 47.6 Å².